The molecule has 0 radical (unpaired) electrons. The van der Waals surface area contributed by atoms with Crippen molar-refractivity contribution in [2.45, 2.75) is 0 Å². The van der Waals surface area contributed by atoms with Gasteiger partial charge in [-0.15, -0.1) is 0 Å². The summed E-state index contributed by atoms with van der Waals surface area (Å²) in [5.74, 6) is 0.247. The molecule has 0 aliphatic rings. The fourth-order valence-electron chi connectivity index (χ4n) is 2.20. The van der Waals surface area contributed by atoms with Crippen LogP contribution in [-0.2, 0) is 0 Å². The Morgan fingerprint density at radius 3 is 2.32 bits per heavy atom. The van der Waals surface area contributed by atoms with Crippen LogP contribution in [0.4, 0.5) is 5.69 Å². The number of phenolic OH excluding ortho intramolecular Hbond substituents is 1. The van der Waals surface area contributed by atoms with Crippen LogP contribution in [0.5, 0.6) is 5.75 Å². The number of halogens is 1. The molecule has 1 N–H and O–H groups in total. The summed E-state index contributed by atoms with van der Waals surface area (Å²) in [4.78, 5) is 4.49. The Hall–Kier alpha value is -2.58. The van der Waals surface area contributed by atoms with E-state index >= 15 is 0 Å². The molecule has 0 atom stereocenters. The summed E-state index contributed by atoms with van der Waals surface area (Å²) in [5.41, 5.74) is 3.84. The van der Waals surface area contributed by atoms with Gasteiger partial charge in [0.25, 0.3) is 0 Å². The molecule has 0 aromatic heterocycles. The van der Waals surface area contributed by atoms with E-state index in [0.717, 1.165) is 22.4 Å². The summed E-state index contributed by atoms with van der Waals surface area (Å²) in [6.07, 6.45) is 1.81. The Balaban J connectivity index is 2.01. The summed E-state index contributed by atoms with van der Waals surface area (Å²) in [7, 11) is 0. The van der Waals surface area contributed by atoms with Crippen molar-refractivity contribution in [3.8, 4) is 16.9 Å². The SMILES string of the molecule is Oc1ccc(-c2ccc(Cl)cc2C=Nc2ccccc2)cc1. The first-order valence-electron chi connectivity index (χ1n) is 6.90. The van der Waals surface area contributed by atoms with Gasteiger partial charge < -0.3 is 5.11 Å². The maximum atomic E-state index is 9.42. The molecule has 0 spiro atoms. The minimum Gasteiger partial charge on any atom is -0.508 e. The third-order valence-corrected chi connectivity index (χ3v) is 3.54. The molecule has 0 amide bonds. The highest BCUT2D eigenvalue weighted by Crippen LogP contribution is 2.27. The predicted octanol–water partition coefficient (Wildman–Crippen LogP) is 5.46. The Morgan fingerprint density at radius 2 is 1.59 bits per heavy atom. The molecule has 0 fully saturated rings. The number of phenols is 1. The van der Waals surface area contributed by atoms with Gasteiger partial charge in [0.1, 0.15) is 5.75 Å². The third kappa shape index (κ3) is 3.35. The van der Waals surface area contributed by atoms with Gasteiger partial charge in [0, 0.05) is 16.8 Å². The van der Waals surface area contributed by atoms with Crippen LogP contribution in [0.3, 0.4) is 0 Å². The maximum Gasteiger partial charge on any atom is 0.115 e. The number of nitrogens with zero attached hydrogens (tertiary/aromatic N) is 1. The first-order valence-corrected chi connectivity index (χ1v) is 7.28. The van der Waals surface area contributed by atoms with Crippen molar-refractivity contribution in [1.82, 2.24) is 0 Å². The van der Waals surface area contributed by atoms with E-state index in [0.29, 0.717) is 5.02 Å². The predicted molar refractivity (Wildman–Crippen MR) is 92.2 cm³/mol. The monoisotopic (exact) mass is 307 g/mol. The van der Waals surface area contributed by atoms with Gasteiger partial charge in [0.15, 0.2) is 0 Å². The molecule has 0 aliphatic carbocycles. The number of hydrogen-bond donors (Lipinski definition) is 1. The standard InChI is InChI=1S/C19H14ClNO/c20-16-8-11-19(14-6-9-18(22)10-7-14)15(12-16)13-21-17-4-2-1-3-5-17/h1-13,22H. The molecule has 3 aromatic carbocycles. The highest BCUT2D eigenvalue weighted by molar-refractivity contribution is 6.31. The molecule has 0 heterocycles. The van der Waals surface area contributed by atoms with E-state index in [2.05, 4.69) is 4.99 Å². The van der Waals surface area contributed by atoms with Crippen molar-refractivity contribution >= 4 is 23.5 Å². The molecule has 22 heavy (non-hydrogen) atoms. The van der Waals surface area contributed by atoms with Gasteiger partial charge in [0.2, 0.25) is 0 Å². The second kappa shape index (κ2) is 6.46. The normalized spacial score (nSPS) is 11.0. The number of hydrogen-bond acceptors (Lipinski definition) is 2. The molecule has 108 valence electrons. The van der Waals surface area contributed by atoms with Crippen LogP contribution >= 0.6 is 11.6 Å². The average molecular weight is 308 g/mol. The Labute approximate surface area is 134 Å². The molecule has 3 heteroatoms. The molecule has 3 aromatic rings. The van der Waals surface area contributed by atoms with Gasteiger partial charge in [0.05, 0.1) is 5.69 Å². The highest BCUT2D eigenvalue weighted by atomic mass is 35.5. The Morgan fingerprint density at radius 1 is 0.864 bits per heavy atom. The van der Waals surface area contributed by atoms with Crippen LogP contribution in [0.2, 0.25) is 5.02 Å². The number of benzene rings is 3. The topological polar surface area (TPSA) is 32.6 Å². The van der Waals surface area contributed by atoms with Crippen LogP contribution in [0.15, 0.2) is 77.8 Å². The minimum atomic E-state index is 0.247. The van der Waals surface area contributed by atoms with Crippen LogP contribution in [-0.4, -0.2) is 11.3 Å². The van der Waals surface area contributed by atoms with Crippen molar-refractivity contribution < 1.29 is 5.11 Å². The van der Waals surface area contributed by atoms with E-state index in [1.54, 1.807) is 12.1 Å². The highest BCUT2D eigenvalue weighted by Gasteiger charge is 2.05. The van der Waals surface area contributed by atoms with E-state index in [-0.39, 0.29) is 5.75 Å². The number of para-hydroxylation sites is 1. The van der Waals surface area contributed by atoms with Gasteiger partial charge in [-0.3, -0.25) is 4.99 Å². The van der Waals surface area contributed by atoms with E-state index in [9.17, 15) is 5.11 Å². The molecular weight excluding hydrogens is 294 g/mol. The van der Waals surface area contributed by atoms with Crippen LogP contribution in [0.1, 0.15) is 5.56 Å². The van der Waals surface area contributed by atoms with Crippen LogP contribution in [0.25, 0.3) is 11.1 Å². The van der Waals surface area contributed by atoms with Crippen LogP contribution in [0, 0.1) is 0 Å². The maximum absolute atomic E-state index is 9.42. The first-order chi connectivity index (χ1) is 10.7. The molecule has 0 unspecified atom stereocenters. The zero-order chi connectivity index (χ0) is 15.4. The summed E-state index contributed by atoms with van der Waals surface area (Å²) < 4.78 is 0. The molecule has 0 saturated heterocycles. The van der Waals surface area contributed by atoms with Crippen LogP contribution < -0.4 is 0 Å². The third-order valence-electron chi connectivity index (χ3n) is 3.30. The summed E-state index contributed by atoms with van der Waals surface area (Å²) in [5, 5.41) is 10.1. The van der Waals surface area contributed by atoms with Crippen molar-refractivity contribution in [2.24, 2.45) is 4.99 Å². The minimum absolute atomic E-state index is 0.247. The van der Waals surface area contributed by atoms with E-state index in [4.69, 9.17) is 11.6 Å². The lowest BCUT2D eigenvalue weighted by atomic mass is 10.0. The Bertz CT molecular complexity index is 795. The van der Waals surface area contributed by atoms with Gasteiger partial charge >= 0.3 is 0 Å². The lowest BCUT2D eigenvalue weighted by Gasteiger charge is -2.07. The van der Waals surface area contributed by atoms with Gasteiger partial charge in [-0.05, 0) is 47.5 Å². The fourth-order valence-corrected chi connectivity index (χ4v) is 2.38. The smallest absolute Gasteiger partial charge is 0.115 e. The average Bonchev–Trinajstić information content (AvgIpc) is 2.55. The molecule has 2 nitrogen and oxygen atoms in total. The van der Waals surface area contributed by atoms with Gasteiger partial charge in [-0.1, -0.05) is 48.0 Å². The van der Waals surface area contributed by atoms with Crippen molar-refractivity contribution in [3.63, 3.8) is 0 Å². The molecule has 0 bridgehead atoms. The van der Waals surface area contributed by atoms with Crippen molar-refractivity contribution in [1.29, 1.82) is 0 Å². The van der Waals surface area contributed by atoms with Crippen molar-refractivity contribution in [3.05, 3.63) is 83.4 Å². The first kappa shape index (κ1) is 14.4. The second-order valence-electron chi connectivity index (χ2n) is 4.87. The lowest BCUT2D eigenvalue weighted by molar-refractivity contribution is 0.475. The molecule has 0 aliphatic heterocycles. The second-order valence-corrected chi connectivity index (χ2v) is 5.31. The number of aliphatic imine (C=N–C) groups is 1. The zero-order valence-corrected chi connectivity index (χ0v) is 12.5. The lowest BCUT2D eigenvalue weighted by Crippen LogP contribution is -1.88. The molecule has 3 rings (SSSR count). The summed E-state index contributed by atoms with van der Waals surface area (Å²) >= 11 is 6.11. The quantitative estimate of drug-likeness (QED) is 0.640. The molecule has 0 saturated carbocycles. The summed E-state index contributed by atoms with van der Waals surface area (Å²) in [6, 6.07) is 22.5. The zero-order valence-electron chi connectivity index (χ0n) is 11.8. The fraction of sp³-hybridized carbons (Fsp3) is 0. The van der Waals surface area contributed by atoms with E-state index < -0.39 is 0 Å². The number of aromatic hydroxyl groups is 1. The summed E-state index contributed by atoms with van der Waals surface area (Å²) in [6.45, 7) is 0. The van der Waals surface area contributed by atoms with E-state index in [1.165, 1.54) is 0 Å². The molecular formula is C19H14ClNO. The van der Waals surface area contributed by atoms with Gasteiger partial charge in [-0.25, -0.2) is 0 Å². The van der Waals surface area contributed by atoms with E-state index in [1.807, 2.05) is 66.9 Å². The van der Waals surface area contributed by atoms with Gasteiger partial charge in [-0.2, -0.15) is 0 Å². The number of rotatable bonds is 3. The largest absolute Gasteiger partial charge is 0.508 e. The van der Waals surface area contributed by atoms with Crippen molar-refractivity contribution in [2.75, 3.05) is 0 Å². The Kier molecular flexibility index (Phi) is 4.22.